The highest BCUT2D eigenvalue weighted by Crippen LogP contribution is 2.23. The minimum atomic E-state index is 0.203. The molecule has 0 saturated heterocycles. The molecule has 8 nitrogen and oxygen atoms in total. The summed E-state index contributed by atoms with van der Waals surface area (Å²) in [5.41, 5.74) is 7.46. The third kappa shape index (κ3) is 6.46. The quantitative estimate of drug-likeness (QED) is 0.393. The fraction of sp³-hybridized carbons (Fsp3) is 0.300. The Bertz CT molecular complexity index is 947. The van der Waals surface area contributed by atoms with Crippen molar-refractivity contribution in [2.45, 2.75) is 13.8 Å². The van der Waals surface area contributed by atoms with Gasteiger partial charge in [0.05, 0.1) is 5.69 Å². The summed E-state index contributed by atoms with van der Waals surface area (Å²) in [6, 6.07) is 11.1. The van der Waals surface area contributed by atoms with Gasteiger partial charge in [-0.25, -0.2) is 9.97 Å². The molecule has 29 heavy (non-hydrogen) atoms. The van der Waals surface area contributed by atoms with Crippen molar-refractivity contribution in [2.24, 2.45) is 5.92 Å². The monoisotopic (exact) mass is 412 g/mol. The maximum absolute atomic E-state index is 6.07. The highest BCUT2D eigenvalue weighted by atomic mass is 35.5. The highest BCUT2D eigenvalue weighted by molar-refractivity contribution is 6.30. The second-order valence-electron chi connectivity index (χ2n) is 6.90. The molecule has 1 aromatic carbocycles. The van der Waals surface area contributed by atoms with Crippen molar-refractivity contribution < 1.29 is 0 Å². The average molecular weight is 413 g/mol. The Hall–Kier alpha value is -3.13. The van der Waals surface area contributed by atoms with Crippen LogP contribution in [-0.4, -0.2) is 39.6 Å². The van der Waals surface area contributed by atoms with Crippen LogP contribution in [0.2, 0.25) is 5.02 Å². The molecule has 0 fully saturated rings. The standard InChI is InChI=1S/C20H25ClN8/c1-13(2)12-26-20-25-7-6-17(29-20)23-8-9-24-18-11-16(27-19(22)28-18)14-4-3-5-15(21)10-14/h3-7,10-11,13H,8-9,12H2,1-2H3,(H3,22,24,27,28)(H2,23,25,26,29). The SMILES string of the molecule is CC(C)CNc1nccc(NCCNc2cc(-c3cccc(Cl)c3)nc(N)n2)n1. The molecule has 0 bridgehead atoms. The molecule has 9 heteroatoms. The summed E-state index contributed by atoms with van der Waals surface area (Å²) >= 11 is 6.07. The van der Waals surface area contributed by atoms with Crippen molar-refractivity contribution in [1.29, 1.82) is 0 Å². The second-order valence-corrected chi connectivity index (χ2v) is 7.34. The Kier molecular flexibility index (Phi) is 7.02. The van der Waals surface area contributed by atoms with Crippen LogP contribution in [0.1, 0.15) is 13.8 Å². The number of nitrogen functional groups attached to an aromatic ring is 1. The van der Waals surface area contributed by atoms with Crippen LogP contribution >= 0.6 is 11.6 Å². The van der Waals surface area contributed by atoms with Crippen LogP contribution in [0, 0.1) is 5.92 Å². The summed E-state index contributed by atoms with van der Waals surface area (Å²) in [7, 11) is 0. The Morgan fingerprint density at radius 1 is 0.966 bits per heavy atom. The number of hydrogen-bond acceptors (Lipinski definition) is 8. The molecule has 3 aromatic rings. The Morgan fingerprint density at radius 2 is 1.76 bits per heavy atom. The molecule has 0 aliphatic carbocycles. The van der Waals surface area contributed by atoms with Gasteiger partial charge in [-0.1, -0.05) is 37.6 Å². The zero-order valence-corrected chi connectivity index (χ0v) is 17.2. The molecular formula is C20H25ClN8. The molecule has 0 aliphatic rings. The van der Waals surface area contributed by atoms with E-state index in [0.29, 0.717) is 41.5 Å². The van der Waals surface area contributed by atoms with Crippen LogP contribution in [0.3, 0.4) is 0 Å². The number of benzene rings is 1. The molecule has 2 aromatic heterocycles. The van der Waals surface area contributed by atoms with E-state index in [0.717, 1.165) is 17.9 Å². The molecule has 5 N–H and O–H groups in total. The number of hydrogen-bond donors (Lipinski definition) is 4. The number of rotatable bonds is 9. The molecule has 0 saturated carbocycles. The predicted octanol–water partition coefficient (Wildman–Crippen LogP) is 3.76. The van der Waals surface area contributed by atoms with Crippen LogP contribution in [0.5, 0.6) is 0 Å². The van der Waals surface area contributed by atoms with Crippen molar-refractivity contribution in [3.8, 4) is 11.3 Å². The Balaban J connectivity index is 1.55. The first kappa shape index (κ1) is 20.6. The number of nitrogens with zero attached hydrogens (tertiary/aromatic N) is 4. The van der Waals surface area contributed by atoms with Gasteiger partial charge in [-0.2, -0.15) is 9.97 Å². The second kappa shape index (κ2) is 9.88. The molecule has 2 heterocycles. The van der Waals surface area contributed by atoms with E-state index in [4.69, 9.17) is 17.3 Å². The maximum atomic E-state index is 6.07. The van der Waals surface area contributed by atoms with Crippen molar-refractivity contribution in [3.05, 3.63) is 47.6 Å². The number of aromatic nitrogens is 4. The first-order chi connectivity index (χ1) is 14.0. The minimum absolute atomic E-state index is 0.203. The van der Waals surface area contributed by atoms with Gasteiger partial charge in [0.2, 0.25) is 11.9 Å². The summed E-state index contributed by atoms with van der Waals surface area (Å²) < 4.78 is 0. The molecule has 0 unspecified atom stereocenters. The van der Waals surface area contributed by atoms with Crippen LogP contribution in [0.25, 0.3) is 11.3 Å². The van der Waals surface area contributed by atoms with E-state index in [9.17, 15) is 0 Å². The van der Waals surface area contributed by atoms with E-state index in [1.165, 1.54) is 0 Å². The van der Waals surface area contributed by atoms with E-state index in [1.807, 2.05) is 36.4 Å². The van der Waals surface area contributed by atoms with E-state index in [1.54, 1.807) is 6.20 Å². The van der Waals surface area contributed by atoms with E-state index < -0.39 is 0 Å². The van der Waals surface area contributed by atoms with Gasteiger partial charge in [0, 0.05) is 42.5 Å². The lowest BCUT2D eigenvalue weighted by Crippen LogP contribution is -2.16. The summed E-state index contributed by atoms with van der Waals surface area (Å²) in [5, 5.41) is 10.4. The van der Waals surface area contributed by atoms with Crippen molar-refractivity contribution in [2.75, 3.05) is 41.3 Å². The van der Waals surface area contributed by atoms with Crippen molar-refractivity contribution in [3.63, 3.8) is 0 Å². The predicted molar refractivity (Wildman–Crippen MR) is 119 cm³/mol. The Labute approximate surface area is 175 Å². The molecule has 3 rings (SSSR count). The van der Waals surface area contributed by atoms with Crippen LogP contribution < -0.4 is 21.7 Å². The molecule has 0 atom stereocenters. The number of halogens is 1. The highest BCUT2D eigenvalue weighted by Gasteiger charge is 2.06. The molecule has 0 aliphatic heterocycles. The van der Waals surface area contributed by atoms with E-state index in [-0.39, 0.29) is 5.95 Å². The smallest absolute Gasteiger partial charge is 0.224 e. The molecule has 0 radical (unpaired) electrons. The van der Waals surface area contributed by atoms with Crippen molar-refractivity contribution >= 4 is 35.1 Å². The first-order valence-electron chi connectivity index (χ1n) is 9.45. The molecular weight excluding hydrogens is 388 g/mol. The van der Waals surface area contributed by atoms with Gasteiger partial charge in [-0.15, -0.1) is 0 Å². The third-order valence-corrected chi connectivity index (χ3v) is 4.16. The van der Waals surface area contributed by atoms with Crippen LogP contribution in [0.15, 0.2) is 42.6 Å². The first-order valence-corrected chi connectivity index (χ1v) is 9.82. The van der Waals surface area contributed by atoms with Gasteiger partial charge in [-0.05, 0) is 24.1 Å². The van der Waals surface area contributed by atoms with E-state index >= 15 is 0 Å². The van der Waals surface area contributed by atoms with Gasteiger partial charge in [0.25, 0.3) is 0 Å². The lowest BCUT2D eigenvalue weighted by Gasteiger charge is -2.11. The van der Waals surface area contributed by atoms with Gasteiger partial charge in [-0.3, -0.25) is 0 Å². The largest absolute Gasteiger partial charge is 0.368 e. The van der Waals surface area contributed by atoms with Crippen LogP contribution in [0.4, 0.5) is 23.5 Å². The number of nitrogens with one attached hydrogen (secondary N) is 3. The Morgan fingerprint density at radius 3 is 2.52 bits per heavy atom. The fourth-order valence-corrected chi connectivity index (χ4v) is 2.76. The maximum Gasteiger partial charge on any atom is 0.224 e. The number of anilines is 4. The molecule has 0 amide bonds. The molecule has 152 valence electrons. The van der Waals surface area contributed by atoms with Crippen molar-refractivity contribution in [1.82, 2.24) is 19.9 Å². The lowest BCUT2D eigenvalue weighted by atomic mass is 10.1. The lowest BCUT2D eigenvalue weighted by molar-refractivity contribution is 0.684. The summed E-state index contributed by atoms with van der Waals surface area (Å²) in [4.78, 5) is 17.2. The average Bonchev–Trinajstić information content (AvgIpc) is 2.70. The van der Waals surface area contributed by atoms with Gasteiger partial charge >= 0.3 is 0 Å². The summed E-state index contributed by atoms with van der Waals surface area (Å²) in [6.07, 6.45) is 1.73. The number of nitrogens with two attached hydrogens (primary N) is 1. The fourth-order valence-electron chi connectivity index (χ4n) is 2.57. The summed E-state index contributed by atoms with van der Waals surface area (Å²) in [6.45, 7) is 6.38. The normalized spacial score (nSPS) is 10.8. The van der Waals surface area contributed by atoms with Gasteiger partial charge < -0.3 is 21.7 Å². The topological polar surface area (TPSA) is 114 Å². The molecule has 0 spiro atoms. The zero-order chi connectivity index (χ0) is 20.6. The summed E-state index contributed by atoms with van der Waals surface area (Å²) in [5.74, 6) is 2.75. The third-order valence-electron chi connectivity index (χ3n) is 3.93. The van der Waals surface area contributed by atoms with Crippen LogP contribution in [-0.2, 0) is 0 Å². The minimum Gasteiger partial charge on any atom is -0.368 e. The zero-order valence-electron chi connectivity index (χ0n) is 16.5. The van der Waals surface area contributed by atoms with E-state index in [2.05, 4.69) is 49.7 Å². The van der Waals surface area contributed by atoms with Gasteiger partial charge in [0.1, 0.15) is 11.6 Å². The van der Waals surface area contributed by atoms with Gasteiger partial charge in [0.15, 0.2) is 0 Å².